The second-order valence-electron chi connectivity index (χ2n) is 3.00. The van der Waals surface area contributed by atoms with E-state index in [4.69, 9.17) is 9.57 Å². The van der Waals surface area contributed by atoms with Gasteiger partial charge in [-0.1, -0.05) is 30.3 Å². The van der Waals surface area contributed by atoms with Gasteiger partial charge in [-0.25, -0.2) is 5.48 Å². The van der Waals surface area contributed by atoms with Crippen LogP contribution in [0.25, 0.3) is 5.70 Å². The van der Waals surface area contributed by atoms with Crippen LogP contribution in [0.3, 0.4) is 0 Å². The molecule has 0 atom stereocenters. The van der Waals surface area contributed by atoms with Crippen LogP contribution >= 0.6 is 0 Å². The highest BCUT2D eigenvalue weighted by molar-refractivity contribution is 5.69. The van der Waals surface area contributed by atoms with Gasteiger partial charge >= 0.3 is 0 Å². The summed E-state index contributed by atoms with van der Waals surface area (Å²) in [5.74, 6) is 0.516. The van der Waals surface area contributed by atoms with E-state index in [1.165, 1.54) is 0 Å². The van der Waals surface area contributed by atoms with E-state index in [1.807, 2.05) is 30.3 Å². The molecule has 0 aliphatic carbocycles. The normalized spacial score (nSPS) is 18.7. The van der Waals surface area contributed by atoms with E-state index in [0.29, 0.717) is 24.8 Å². The van der Waals surface area contributed by atoms with Crippen LogP contribution in [0.5, 0.6) is 0 Å². The van der Waals surface area contributed by atoms with Gasteiger partial charge in [-0.05, 0) is 6.72 Å². The summed E-state index contributed by atoms with van der Waals surface area (Å²) in [5, 5.41) is 0. The fourth-order valence-corrected chi connectivity index (χ4v) is 1.34. The van der Waals surface area contributed by atoms with Crippen LogP contribution < -0.4 is 5.48 Å². The maximum atomic E-state index is 5.40. The molecular weight excluding hydrogens is 192 g/mol. The Kier molecular flexibility index (Phi) is 2.99. The summed E-state index contributed by atoms with van der Waals surface area (Å²) >= 11 is 0. The molecule has 0 bridgehead atoms. The number of rotatable bonds is 2. The van der Waals surface area contributed by atoms with E-state index in [9.17, 15) is 0 Å². The number of nitrogens with zero attached hydrogens (tertiary/aromatic N) is 1. The van der Waals surface area contributed by atoms with Crippen LogP contribution in [0, 0.1) is 0 Å². The van der Waals surface area contributed by atoms with Gasteiger partial charge in [-0.15, -0.1) is 0 Å². The molecule has 4 nitrogen and oxygen atoms in total. The monoisotopic (exact) mass is 204 g/mol. The Morgan fingerprint density at radius 1 is 1.27 bits per heavy atom. The van der Waals surface area contributed by atoms with Gasteiger partial charge in [-0.3, -0.25) is 9.83 Å². The van der Waals surface area contributed by atoms with Gasteiger partial charge < -0.3 is 4.74 Å². The highest BCUT2D eigenvalue weighted by atomic mass is 16.7. The van der Waals surface area contributed by atoms with Gasteiger partial charge in [0.15, 0.2) is 0 Å². The van der Waals surface area contributed by atoms with E-state index in [0.717, 1.165) is 5.56 Å². The third-order valence-electron chi connectivity index (χ3n) is 2.02. The first-order valence-electron chi connectivity index (χ1n) is 4.69. The van der Waals surface area contributed by atoms with Gasteiger partial charge in [0.05, 0.1) is 0 Å². The van der Waals surface area contributed by atoms with E-state index < -0.39 is 0 Å². The second-order valence-corrected chi connectivity index (χ2v) is 3.00. The average Bonchev–Trinajstić information content (AvgIpc) is 2.33. The summed E-state index contributed by atoms with van der Waals surface area (Å²) in [6, 6.07) is 9.70. The molecule has 0 saturated carbocycles. The predicted octanol–water partition coefficient (Wildman–Crippen LogP) is 1.56. The standard InChI is InChI=1S/C11H12N2O2/c1-12-10(9-5-3-2-4-6-9)11-13-15-8-7-14-11/h2-6,13H,1,7-8H2/b11-10-. The quantitative estimate of drug-likeness (QED) is 0.743. The lowest BCUT2D eigenvalue weighted by atomic mass is 10.2. The van der Waals surface area contributed by atoms with Crippen molar-refractivity contribution in [2.24, 2.45) is 4.99 Å². The molecule has 0 radical (unpaired) electrons. The van der Waals surface area contributed by atoms with E-state index in [2.05, 4.69) is 17.2 Å². The van der Waals surface area contributed by atoms with E-state index in [1.54, 1.807) is 0 Å². The SMILES string of the molecule is C=N/C(=C1/NOCCO1)c1ccccc1. The molecular formula is C11H12N2O2. The molecule has 78 valence electrons. The third-order valence-corrected chi connectivity index (χ3v) is 2.02. The summed E-state index contributed by atoms with van der Waals surface area (Å²) in [4.78, 5) is 9.01. The van der Waals surface area contributed by atoms with Crippen molar-refractivity contribution in [3.05, 3.63) is 41.8 Å². The summed E-state index contributed by atoms with van der Waals surface area (Å²) in [7, 11) is 0. The highest BCUT2D eigenvalue weighted by Gasteiger charge is 2.12. The summed E-state index contributed by atoms with van der Waals surface area (Å²) in [6.07, 6.45) is 0. The number of benzene rings is 1. The molecule has 0 aromatic heterocycles. The van der Waals surface area contributed by atoms with Gasteiger partial charge in [0.2, 0.25) is 5.88 Å². The molecule has 1 aliphatic heterocycles. The number of hydrogen-bond acceptors (Lipinski definition) is 4. The minimum Gasteiger partial charge on any atom is -0.474 e. The van der Waals surface area contributed by atoms with Crippen molar-refractivity contribution >= 4 is 12.4 Å². The highest BCUT2D eigenvalue weighted by Crippen LogP contribution is 2.19. The fourth-order valence-electron chi connectivity index (χ4n) is 1.34. The molecule has 15 heavy (non-hydrogen) atoms. The Morgan fingerprint density at radius 3 is 2.67 bits per heavy atom. The Balaban J connectivity index is 2.34. The van der Waals surface area contributed by atoms with E-state index >= 15 is 0 Å². The van der Waals surface area contributed by atoms with Crippen molar-refractivity contribution in [3.63, 3.8) is 0 Å². The number of ether oxygens (including phenoxy) is 1. The Hall–Kier alpha value is -1.81. The van der Waals surface area contributed by atoms with Crippen molar-refractivity contribution < 1.29 is 9.57 Å². The molecule has 2 rings (SSSR count). The van der Waals surface area contributed by atoms with Gasteiger partial charge in [-0.2, -0.15) is 0 Å². The second kappa shape index (κ2) is 4.61. The van der Waals surface area contributed by atoms with Crippen molar-refractivity contribution in [2.75, 3.05) is 13.2 Å². The number of nitrogens with one attached hydrogen (secondary N) is 1. The molecule has 0 unspecified atom stereocenters. The van der Waals surface area contributed by atoms with Gasteiger partial charge in [0.1, 0.15) is 18.9 Å². The summed E-state index contributed by atoms with van der Waals surface area (Å²) in [6.45, 7) is 4.58. The lowest BCUT2D eigenvalue weighted by molar-refractivity contribution is -0.0561. The molecule has 1 aromatic rings. The van der Waals surface area contributed by atoms with Crippen LogP contribution in [-0.2, 0) is 9.57 Å². The molecule has 1 aliphatic rings. The summed E-state index contributed by atoms with van der Waals surface area (Å²) in [5.41, 5.74) is 4.30. The molecule has 0 amide bonds. The van der Waals surface area contributed by atoms with Gasteiger partial charge in [0.25, 0.3) is 0 Å². The van der Waals surface area contributed by atoms with Crippen LogP contribution in [-0.4, -0.2) is 19.9 Å². The number of aliphatic imine (C=N–C) groups is 1. The number of hydroxylamine groups is 1. The first kappa shape index (κ1) is 9.73. The van der Waals surface area contributed by atoms with Crippen LogP contribution in [0.2, 0.25) is 0 Å². The van der Waals surface area contributed by atoms with Crippen molar-refractivity contribution in [1.82, 2.24) is 5.48 Å². The molecule has 0 spiro atoms. The molecule has 4 heteroatoms. The summed E-state index contributed by atoms with van der Waals surface area (Å²) < 4.78 is 5.40. The van der Waals surface area contributed by atoms with Crippen LogP contribution in [0.15, 0.2) is 41.2 Å². The Morgan fingerprint density at radius 2 is 2.07 bits per heavy atom. The van der Waals surface area contributed by atoms with E-state index in [-0.39, 0.29) is 0 Å². The zero-order chi connectivity index (χ0) is 10.5. The largest absolute Gasteiger partial charge is 0.474 e. The van der Waals surface area contributed by atoms with Crippen LogP contribution in [0.1, 0.15) is 5.56 Å². The van der Waals surface area contributed by atoms with Crippen LogP contribution in [0.4, 0.5) is 0 Å². The fraction of sp³-hybridized carbons (Fsp3) is 0.182. The lowest BCUT2D eigenvalue weighted by Gasteiger charge is -2.19. The maximum absolute atomic E-state index is 5.40. The topological polar surface area (TPSA) is 42.9 Å². The molecule has 1 aromatic carbocycles. The minimum absolute atomic E-state index is 0.516. The number of hydrogen-bond donors (Lipinski definition) is 1. The molecule has 1 heterocycles. The zero-order valence-corrected chi connectivity index (χ0v) is 8.27. The smallest absolute Gasteiger partial charge is 0.238 e. The van der Waals surface area contributed by atoms with Gasteiger partial charge in [0, 0.05) is 5.56 Å². The lowest BCUT2D eigenvalue weighted by Crippen LogP contribution is -2.27. The Bertz CT molecular complexity index is 365. The third kappa shape index (κ3) is 2.16. The zero-order valence-electron chi connectivity index (χ0n) is 8.27. The Labute approximate surface area is 88.2 Å². The van der Waals surface area contributed by atoms with Crippen molar-refractivity contribution in [3.8, 4) is 0 Å². The maximum Gasteiger partial charge on any atom is 0.238 e. The van der Waals surface area contributed by atoms with Crippen molar-refractivity contribution in [1.29, 1.82) is 0 Å². The molecule has 1 saturated heterocycles. The van der Waals surface area contributed by atoms with Crippen molar-refractivity contribution in [2.45, 2.75) is 0 Å². The minimum atomic E-state index is 0.516. The predicted molar refractivity (Wildman–Crippen MR) is 58.0 cm³/mol. The average molecular weight is 204 g/mol. The molecule has 1 fully saturated rings. The first-order chi connectivity index (χ1) is 7.42. The first-order valence-corrected chi connectivity index (χ1v) is 4.69. The molecule has 1 N–H and O–H groups in total.